The van der Waals surface area contributed by atoms with Crippen LogP contribution < -0.4 is 9.47 Å². The molecule has 0 radical (unpaired) electrons. The van der Waals surface area contributed by atoms with Gasteiger partial charge in [0.25, 0.3) is 0 Å². The van der Waals surface area contributed by atoms with E-state index < -0.39 is 12.2 Å². The van der Waals surface area contributed by atoms with E-state index in [4.69, 9.17) is 9.47 Å². The molecule has 2 unspecified atom stereocenters. The molecule has 1 rings (SSSR count). The molecule has 0 bridgehead atoms. The van der Waals surface area contributed by atoms with Crippen molar-refractivity contribution in [1.29, 1.82) is 0 Å². The molecule has 1 aromatic carbocycles. The Kier molecular flexibility index (Phi) is 5.95. The Morgan fingerprint density at radius 3 is 2.17 bits per heavy atom. The first-order chi connectivity index (χ1) is 8.63. The van der Waals surface area contributed by atoms with Crippen molar-refractivity contribution in [3.8, 4) is 11.5 Å². The number of hydrogen-bond donors (Lipinski definition) is 2. The fourth-order valence-corrected chi connectivity index (χ4v) is 1.70. The van der Waals surface area contributed by atoms with Crippen LogP contribution in [0.5, 0.6) is 11.5 Å². The summed E-state index contributed by atoms with van der Waals surface area (Å²) >= 11 is 0. The molecule has 0 aliphatic heterocycles. The van der Waals surface area contributed by atoms with Crippen molar-refractivity contribution in [2.24, 2.45) is 0 Å². The van der Waals surface area contributed by atoms with Crippen LogP contribution in [-0.2, 0) is 0 Å². The van der Waals surface area contributed by atoms with Crippen LogP contribution in [0.2, 0.25) is 0 Å². The quantitative estimate of drug-likeness (QED) is 0.783. The second kappa shape index (κ2) is 7.24. The second-order valence-corrected chi connectivity index (χ2v) is 3.99. The number of hydrogen-bond acceptors (Lipinski definition) is 4. The molecule has 2 atom stereocenters. The first-order valence-electron chi connectivity index (χ1n) is 6.39. The van der Waals surface area contributed by atoms with Crippen molar-refractivity contribution in [1.82, 2.24) is 0 Å². The molecule has 0 spiro atoms. The molecule has 0 amide bonds. The van der Waals surface area contributed by atoms with Crippen LogP contribution in [0.3, 0.4) is 0 Å². The van der Waals surface area contributed by atoms with E-state index in [0.29, 0.717) is 36.7 Å². The highest BCUT2D eigenvalue weighted by Gasteiger charge is 2.18. The van der Waals surface area contributed by atoms with Gasteiger partial charge in [0.15, 0.2) is 11.5 Å². The summed E-state index contributed by atoms with van der Waals surface area (Å²) in [6.45, 7) is 6.69. The lowest BCUT2D eigenvalue weighted by atomic mass is 10.0. The topological polar surface area (TPSA) is 58.9 Å². The molecule has 102 valence electrons. The van der Waals surface area contributed by atoms with Crippen molar-refractivity contribution >= 4 is 0 Å². The van der Waals surface area contributed by atoms with E-state index in [1.54, 1.807) is 18.2 Å². The molecule has 0 aliphatic carbocycles. The normalized spacial score (nSPS) is 14.1. The molecular weight excluding hydrogens is 232 g/mol. The van der Waals surface area contributed by atoms with Gasteiger partial charge in [-0.05, 0) is 38.0 Å². The van der Waals surface area contributed by atoms with Gasteiger partial charge >= 0.3 is 0 Å². The van der Waals surface area contributed by atoms with Gasteiger partial charge in [-0.1, -0.05) is 13.0 Å². The lowest BCUT2D eigenvalue weighted by molar-refractivity contribution is 0.0163. The maximum atomic E-state index is 9.96. The molecule has 0 saturated carbocycles. The van der Waals surface area contributed by atoms with Gasteiger partial charge in [-0.15, -0.1) is 0 Å². The van der Waals surface area contributed by atoms with Crippen LogP contribution in [0.25, 0.3) is 0 Å². The Morgan fingerprint density at radius 1 is 1.00 bits per heavy atom. The molecule has 0 saturated heterocycles. The zero-order valence-corrected chi connectivity index (χ0v) is 11.2. The number of aliphatic hydroxyl groups is 2. The summed E-state index contributed by atoms with van der Waals surface area (Å²) in [7, 11) is 0. The fourth-order valence-electron chi connectivity index (χ4n) is 1.70. The first kappa shape index (κ1) is 14.8. The van der Waals surface area contributed by atoms with Crippen molar-refractivity contribution in [2.75, 3.05) is 13.2 Å². The maximum Gasteiger partial charge on any atom is 0.161 e. The minimum absolute atomic E-state index is 0.498. The SMILES string of the molecule is CCOc1ccc(C(O)C(O)CC)cc1OCC. The summed E-state index contributed by atoms with van der Waals surface area (Å²) in [5.74, 6) is 1.25. The summed E-state index contributed by atoms with van der Waals surface area (Å²) in [5, 5.41) is 19.6. The molecule has 1 aromatic rings. The van der Waals surface area contributed by atoms with E-state index in [0.717, 1.165) is 0 Å². The zero-order valence-electron chi connectivity index (χ0n) is 11.2. The number of aliphatic hydroxyl groups excluding tert-OH is 2. The third kappa shape index (κ3) is 3.62. The third-order valence-corrected chi connectivity index (χ3v) is 2.69. The standard InChI is InChI=1S/C14H22O4/c1-4-11(15)14(16)10-7-8-12(17-5-2)13(9-10)18-6-3/h7-9,11,14-16H,4-6H2,1-3H3. The molecule has 0 heterocycles. The van der Waals surface area contributed by atoms with Crippen LogP contribution in [-0.4, -0.2) is 29.5 Å². The number of ether oxygens (including phenoxy) is 2. The van der Waals surface area contributed by atoms with E-state index in [2.05, 4.69) is 0 Å². The lowest BCUT2D eigenvalue weighted by Gasteiger charge is -2.18. The summed E-state index contributed by atoms with van der Waals surface area (Å²) in [4.78, 5) is 0. The third-order valence-electron chi connectivity index (χ3n) is 2.69. The molecule has 0 fully saturated rings. The summed E-state index contributed by atoms with van der Waals surface area (Å²) in [6, 6.07) is 5.23. The van der Waals surface area contributed by atoms with Crippen LogP contribution in [0.15, 0.2) is 18.2 Å². The molecule has 0 aliphatic rings. The average molecular weight is 254 g/mol. The first-order valence-corrected chi connectivity index (χ1v) is 6.39. The van der Waals surface area contributed by atoms with Crippen LogP contribution >= 0.6 is 0 Å². The lowest BCUT2D eigenvalue weighted by Crippen LogP contribution is -2.17. The highest BCUT2D eigenvalue weighted by molar-refractivity contribution is 5.43. The van der Waals surface area contributed by atoms with Gasteiger partial charge in [-0.3, -0.25) is 0 Å². The van der Waals surface area contributed by atoms with Gasteiger partial charge < -0.3 is 19.7 Å². The van der Waals surface area contributed by atoms with Gasteiger partial charge in [0.1, 0.15) is 6.10 Å². The van der Waals surface area contributed by atoms with E-state index >= 15 is 0 Å². The monoisotopic (exact) mass is 254 g/mol. The maximum absolute atomic E-state index is 9.96. The van der Waals surface area contributed by atoms with Crippen LogP contribution in [0, 0.1) is 0 Å². The molecule has 4 heteroatoms. The molecule has 0 aromatic heterocycles. The molecule has 4 nitrogen and oxygen atoms in total. The predicted molar refractivity (Wildman–Crippen MR) is 70.0 cm³/mol. The summed E-state index contributed by atoms with van der Waals surface area (Å²) < 4.78 is 10.9. The molecule has 2 N–H and O–H groups in total. The minimum atomic E-state index is -0.898. The summed E-state index contributed by atoms with van der Waals surface area (Å²) in [5.41, 5.74) is 0.635. The Morgan fingerprint density at radius 2 is 1.61 bits per heavy atom. The van der Waals surface area contributed by atoms with Gasteiger partial charge in [-0.25, -0.2) is 0 Å². The van der Waals surface area contributed by atoms with E-state index in [-0.39, 0.29) is 0 Å². The van der Waals surface area contributed by atoms with E-state index in [1.807, 2.05) is 20.8 Å². The number of rotatable bonds is 7. The zero-order chi connectivity index (χ0) is 13.5. The highest BCUT2D eigenvalue weighted by atomic mass is 16.5. The van der Waals surface area contributed by atoms with E-state index in [1.165, 1.54) is 0 Å². The highest BCUT2D eigenvalue weighted by Crippen LogP contribution is 2.31. The minimum Gasteiger partial charge on any atom is -0.490 e. The van der Waals surface area contributed by atoms with Crippen LogP contribution in [0.1, 0.15) is 38.9 Å². The van der Waals surface area contributed by atoms with Gasteiger partial charge in [0.2, 0.25) is 0 Å². The fraction of sp³-hybridized carbons (Fsp3) is 0.571. The van der Waals surface area contributed by atoms with Gasteiger partial charge in [0.05, 0.1) is 19.3 Å². The second-order valence-electron chi connectivity index (χ2n) is 3.99. The van der Waals surface area contributed by atoms with Gasteiger partial charge in [0, 0.05) is 0 Å². The van der Waals surface area contributed by atoms with Crippen molar-refractivity contribution in [2.45, 2.75) is 39.4 Å². The number of benzene rings is 1. The van der Waals surface area contributed by atoms with Crippen LogP contribution in [0.4, 0.5) is 0 Å². The smallest absolute Gasteiger partial charge is 0.161 e. The Bertz CT molecular complexity index is 365. The van der Waals surface area contributed by atoms with Crippen molar-refractivity contribution < 1.29 is 19.7 Å². The van der Waals surface area contributed by atoms with E-state index in [9.17, 15) is 10.2 Å². The molecular formula is C14H22O4. The van der Waals surface area contributed by atoms with Crippen molar-refractivity contribution in [3.63, 3.8) is 0 Å². The van der Waals surface area contributed by atoms with Crippen molar-refractivity contribution in [3.05, 3.63) is 23.8 Å². The largest absolute Gasteiger partial charge is 0.490 e. The van der Waals surface area contributed by atoms with Gasteiger partial charge in [-0.2, -0.15) is 0 Å². The Balaban J connectivity index is 2.98. The molecule has 18 heavy (non-hydrogen) atoms. The Hall–Kier alpha value is -1.26. The summed E-state index contributed by atoms with van der Waals surface area (Å²) in [6.07, 6.45) is -1.17. The predicted octanol–water partition coefficient (Wildman–Crippen LogP) is 2.29. The average Bonchev–Trinajstić information content (AvgIpc) is 2.39. The Labute approximate surface area is 108 Å².